The molecule has 2 fully saturated rings. The molecule has 1 unspecified atom stereocenters. The Balaban J connectivity index is 1.80. The van der Waals surface area contributed by atoms with Crippen LogP contribution in [0.4, 0.5) is 0 Å². The Morgan fingerprint density at radius 2 is 1.95 bits per heavy atom. The summed E-state index contributed by atoms with van der Waals surface area (Å²) in [6.07, 6.45) is 6.42. The molecule has 3 rings (SSSR count). The van der Waals surface area contributed by atoms with Crippen molar-refractivity contribution in [2.24, 2.45) is 5.41 Å². The molecule has 1 amide bonds. The van der Waals surface area contributed by atoms with Gasteiger partial charge in [-0.25, -0.2) is 0 Å². The molecule has 3 heteroatoms. The van der Waals surface area contributed by atoms with Crippen LogP contribution in [0.1, 0.15) is 50.8 Å². The topological polar surface area (TPSA) is 32.3 Å². The molecule has 1 saturated heterocycles. The standard InChI is InChI=1S/C17H24N2O/c1-2-17(10-6-7-11-17)13-19-15(20)12-18-16(19)14-8-4-3-5-9-14/h3-5,8-9,16,18H,2,6-7,10-13H2,1H3. The second-order valence-electron chi connectivity index (χ2n) is 6.28. The third kappa shape index (κ3) is 2.47. The second-order valence-corrected chi connectivity index (χ2v) is 6.28. The number of nitrogens with one attached hydrogen (secondary N) is 1. The summed E-state index contributed by atoms with van der Waals surface area (Å²) in [7, 11) is 0. The molecule has 0 radical (unpaired) electrons. The third-order valence-electron chi connectivity index (χ3n) is 5.11. The van der Waals surface area contributed by atoms with Gasteiger partial charge in [0, 0.05) is 6.54 Å². The molecule has 1 aliphatic carbocycles. The van der Waals surface area contributed by atoms with E-state index in [0.29, 0.717) is 12.0 Å². The van der Waals surface area contributed by atoms with Crippen LogP contribution in [-0.2, 0) is 4.79 Å². The van der Waals surface area contributed by atoms with Gasteiger partial charge in [-0.2, -0.15) is 0 Å². The zero-order valence-electron chi connectivity index (χ0n) is 12.3. The van der Waals surface area contributed by atoms with Crippen molar-refractivity contribution >= 4 is 5.91 Å². The Kier molecular flexibility index (Phi) is 3.79. The summed E-state index contributed by atoms with van der Waals surface area (Å²) in [4.78, 5) is 14.3. The highest BCUT2D eigenvalue weighted by Crippen LogP contribution is 2.43. The molecule has 20 heavy (non-hydrogen) atoms. The van der Waals surface area contributed by atoms with E-state index in [2.05, 4.69) is 29.3 Å². The van der Waals surface area contributed by atoms with E-state index < -0.39 is 0 Å². The van der Waals surface area contributed by atoms with Gasteiger partial charge in [0.1, 0.15) is 6.17 Å². The van der Waals surface area contributed by atoms with E-state index in [9.17, 15) is 4.79 Å². The summed E-state index contributed by atoms with van der Waals surface area (Å²) in [6, 6.07) is 10.3. The lowest BCUT2D eigenvalue weighted by molar-refractivity contribution is -0.129. The molecule has 2 aliphatic rings. The average molecular weight is 272 g/mol. The monoisotopic (exact) mass is 272 g/mol. The maximum Gasteiger partial charge on any atom is 0.238 e. The van der Waals surface area contributed by atoms with Gasteiger partial charge in [-0.3, -0.25) is 10.1 Å². The maximum absolute atomic E-state index is 12.3. The van der Waals surface area contributed by atoms with E-state index in [0.717, 1.165) is 6.54 Å². The lowest BCUT2D eigenvalue weighted by atomic mass is 9.82. The third-order valence-corrected chi connectivity index (χ3v) is 5.11. The fraction of sp³-hybridized carbons (Fsp3) is 0.588. The molecule has 1 saturated carbocycles. The lowest BCUT2D eigenvalue weighted by Gasteiger charge is -2.35. The van der Waals surface area contributed by atoms with Crippen molar-refractivity contribution in [1.82, 2.24) is 10.2 Å². The Bertz CT molecular complexity index is 465. The number of benzene rings is 1. The Hall–Kier alpha value is -1.35. The van der Waals surface area contributed by atoms with Crippen LogP contribution >= 0.6 is 0 Å². The fourth-order valence-electron chi connectivity index (χ4n) is 3.76. The molecule has 1 aromatic carbocycles. The Morgan fingerprint density at radius 3 is 2.60 bits per heavy atom. The highest BCUT2D eigenvalue weighted by molar-refractivity contribution is 5.81. The van der Waals surface area contributed by atoms with Gasteiger partial charge >= 0.3 is 0 Å². The first-order valence-electron chi connectivity index (χ1n) is 7.82. The molecule has 0 bridgehead atoms. The minimum absolute atomic E-state index is 0.0627. The molecular weight excluding hydrogens is 248 g/mol. The molecule has 1 heterocycles. The van der Waals surface area contributed by atoms with Crippen molar-refractivity contribution in [3.05, 3.63) is 35.9 Å². The van der Waals surface area contributed by atoms with E-state index in [1.54, 1.807) is 0 Å². The zero-order chi connectivity index (χ0) is 14.0. The molecular formula is C17H24N2O. The summed E-state index contributed by atoms with van der Waals surface area (Å²) < 4.78 is 0. The van der Waals surface area contributed by atoms with Crippen molar-refractivity contribution in [2.45, 2.75) is 45.2 Å². The minimum atomic E-state index is 0.0627. The highest BCUT2D eigenvalue weighted by Gasteiger charge is 2.40. The molecule has 108 valence electrons. The first-order valence-corrected chi connectivity index (χ1v) is 7.82. The molecule has 1 aromatic rings. The summed E-state index contributed by atoms with van der Waals surface area (Å²) in [5.74, 6) is 0.249. The lowest BCUT2D eigenvalue weighted by Crippen LogP contribution is -2.39. The normalized spacial score (nSPS) is 25.4. The number of carbonyl (C=O) groups is 1. The van der Waals surface area contributed by atoms with E-state index >= 15 is 0 Å². The van der Waals surface area contributed by atoms with Gasteiger partial charge in [-0.15, -0.1) is 0 Å². The predicted molar refractivity (Wildman–Crippen MR) is 80.1 cm³/mol. The first-order chi connectivity index (χ1) is 9.74. The summed E-state index contributed by atoms with van der Waals surface area (Å²) >= 11 is 0. The first kappa shape index (κ1) is 13.6. The number of amides is 1. The SMILES string of the molecule is CCC1(CN2C(=O)CNC2c2ccccc2)CCCC1. The Morgan fingerprint density at radius 1 is 1.25 bits per heavy atom. The van der Waals surface area contributed by atoms with Crippen LogP contribution in [0.15, 0.2) is 30.3 Å². The second kappa shape index (κ2) is 5.57. The van der Waals surface area contributed by atoms with E-state index in [1.807, 2.05) is 18.2 Å². The smallest absolute Gasteiger partial charge is 0.238 e. The van der Waals surface area contributed by atoms with Crippen molar-refractivity contribution in [1.29, 1.82) is 0 Å². The number of rotatable bonds is 4. The van der Waals surface area contributed by atoms with Gasteiger partial charge in [0.2, 0.25) is 5.91 Å². The van der Waals surface area contributed by atoms with Crippen LogP contribution in [0.25, 0.3) is 0 Å². The zero-order valence-corrected chi connectivity index (χ0v) is 12.3. The van der Waals surface area contributed by atoms with Crippen molar-refractivity contribution in [3.63, 3.8) is 0 Å². The molecule has 1 N–H and O–H groups in total. The largest absolute Gasteiger partial charge is 0.321 e. The average Bonchev–Trinajstić information content (AvgIpc) is 3.09. The minimum Gasteiger partial charge on any atom is -0.321 e. The number of hydrogen-bond donors (Lipinski definition) is 1. The van der Waals surface area contributed by atoms with Gasteiger partial charge < -0.3 is 4.90 Å². The fourth-order valence-corrected chi connectivity index (χ4v) is 3.76. The number of nitrogens with zero attached hydrogens (tertiary/aromatic N) is 1. The molecule has 0 aromatic heterocycles. The summed E-state index contributed by atoms with van der Waals surface area (Å²) in [5.41, 5.74) is 1.55. The van der Waals surface area contributed by atoms with E-state index in [1.165, 1.54) is 37.7 Å². The van der Waals surface area contributed by atoms with Crippen LogP contribution in [0.2, 0.25) is 0 Å². The van der Waals surface area contributed by atoms with Gasteiger partial charge in [-0.1, -0.05) is 50.1 Å². The van der Waals surface area contributed by atoms with Gasteiger partial charge in [0.15, 0.2) is 0 Å². The maximum atomic E-state index is 12.3. The molecule has 0 spiro atoms. The highest BCUT2D eigenvalue weighted by atomic mass is 16.2. The van der Waals surface area contributed by atoms with E-state index in [4.69, 9.17) is 0 Å². The van der Waals surface area contributed by atoms with Crippen LogP contribution in [0, 0.1) is 5.41 Å². The van der Waals surface area contributed by atoms with Crippen LogP contribution in [-0.4, -0.2) is 23.9 Å². The van der Waals surface area contributed by atoms with Crippen LogP contribution < -0.4 is 5.32 Å². The van der Waals surface area contributed by atoms with Gasteiger partial charge in [-0.05, 0) is 30.2 Å². The quantitative estimate of drug-likeness (QED) is 0.913. The summed E-state index contributed by atoms with van der Waals surface area (Å²) in [5, 5.41) is 3.36. The summed E-state index contributed by atoms with van der Waals surface area (Å²) in [6.45, 7) is 3.66. The van der Waals surface area contributed by atoms with Gasteiger partial charge in [0.05, 0.1) is 6.54 Å². The van der Waals surface area contributed by atoms with Crippen molar-refractivity contribution in [2.75, 3.05) is 13.1 Å². The number of carbonyl (C=O) groups excluding carboxylic acids is 1. The van der Waals surface area contributed by atoms with Crippen molar-refractivity contribution < 1.29 is 4.79 Å². The van der Waals surface area contributed by atoms with Crippen LogP contribution in [0.3, 0.4) is 0 Å². The van der Waals surface area contributed by atoms with Crippen molar-refractivity contribution in [3.8, 4) is 0 Å². The Labute approximate surface area is 121 Å². The molecule has 1 atom stereocenters. The predicted octanol–water partition coefficient (Wildman–Crippen LogP) is 3.09. The molecule has 3 nitrogen and oxygen atoms in total. The van der Waals surface area contributed by atoms with Gasteiger partial charge in [0.25, 0.3) is 0 Å². The van der Waals surface area contributed by atoms with Crippen LogP contribution in [0.5, 0.6) is 0 Å². The van der Waals surface area contributed by atoms with E-state index in [-0.39, 0.29) is 12.1 Å². The number of hydrogen-bond acceptors (Lipinski definition) is 2. The molecule has 1 aliphatic heterocycles.